The van der Waals surface area contributed by atoms with Gasteiger partial charge in [-0.15, -0.1) is 6.58 Å². The molecular formula is C10H21NO. The van der Waals surface area contributed by atoms with Crippen LogP contribution in [0.3, 0.4) is 0 Å². The Morgan fingerprint density at radius 3 is 2.67 bits per heavy atom. The van der Waals surface area contributed by atoms with Gasteiger partial charge in [0.1, 0.15) is 0 Å². The molecule has 0 aliphatic carbocycles. The Balaban J connectivity index is 3.61. The molecule has 0 spiro atoms. The van der Waals surface area contributed by atoms with E-state index in [1.807, 2.05) is 13.0 Å². The van der Waals surface area contributed by atoms with Crippen molar-refractivity contribution >= 4 is 0 Å². The van der Waals surface area contributed by atoms with E-state index in [9.17, 15) is 5.11 Å². The molecule has 2 heteroatoms. The summed E-state index contributed by atoms with van der Waals surface area (Å²) in [5.74, 6) is 0. The minimum absolute atomic E-state index is 0.234. The van der Waals surface area contributed by atoms with E-state index in [0.29, 0.717) is 0 Å². The molecule has 0 amide bonds. The lowest BCUT2D eigenvalue weighted by molar-refractivity contribution is 0.132. The van der Waals surface area contributed by atoms with Crippen molar-refractivity contribution in [3.63, 3.8) is 0 Å². The van der Waals surface area contributed by atoms with Gasteiger partial charge in [0.05, 0.1) is 6.10 Å². The molecule has 0 radical (unpaired) electrons. The maximum absolute atomic E-state index is 9.17. The Morgan fingerprint density at radius 1 is 1.58 bits per heavy atom. The van der Waals surface area contributed by atoms with E-state index in [1.54, 1.807) is 0 Å². The van der Waals surface area contributed by atoms with E-state index in [0.717, 1.165) is 19.6 Å². The summed E-state index contributed by atoms with van der Waals surface area (Å²) in [5.41, 5.74) is 0. The standard InChI is InChI=1S/C10H21NO/c1-4-6-8-11(7-5-2)9-10(3)12/h5,10,12H,2,4,6-9H2,1,3H3. The maximum Gasteiger partial charge on any atom is 0.0639 e. The quantitative estimate of drug-likeness (QED) is 0.589. The first kappa shape index (κ1) is 11.7. The zero-order chi connectivity index (χ0) is 9.40. The minimum Gasteiger partial charge on any atom is -0.392 e. The van der Waals surface area contributed by atoms with Crippen LogP contribution in [0.2, 0.25) is 0 Å². The van der Waals surface area contributed by atoms with E-state index in [2.05, 4.69) is 18.4 Å². The molecule has 0 saturated heterocycles. The molecule has 2 nitrogen and oxygen atoms in total. The van der Waals surface area contributed by atoms with Crippen LogP contribution in [0.5, 0.6) is 0 Å². The topological polar surface area (TPSA) is 23.5 Å². The number of hydrogen-bond acceptors (Lipinski definition) is 2. The van der Waals surface area contributed by atoms with Crippen molar-refractivity contribution in [3.8, 4) is 0 Å². The molecule has 12 heavy (non-hydrogen) atoms. The van der Waals surface area contributed by atoms with Crippen LogP contribution < -0.4 is 0 Å². The first-order chi connectivity index (χ1) is 5.70. The van der Waals surface area contributed by atoms with Crippen LogP contribution in [0.15, 0.2) is 12.7 Å². The zero-order valence-electron chi connectivity index (χ0n) is 8.29. The summed E-state index contributed by atoms with van der Waals surface area (Å²) < 4.78 is 0. The number of aliphatic hydroxyl groups excluding tert-OH is 1. The van der Waals surface area contributed by atoms with Crippen LogP contribution in [0.25, 0.3) is 0 Å². The minimum atomic E-state index is -0.234. The highest BCUT2D eigenvalue weighted by atomic mass is 16.3. The van der Waals surface area contributed by atoms with Crippen LogP contribution >= 0.6 is 0 Å². The van der Waals surface area contributed by atoms with Crippen molar-refractivity contribution < 1.29 is 5.11 Å². The second kappa shape index (κ2) is 7.32. The molecule has 0 fully saturated rings. The molecular weight excluding hydrogens is 150 g/mol. The Bertz CT molecular complexity index is 112. The molecule has 1 N–H and O–H groups in total. The summed E-state index contributed by atoms with van der Waals surface area (Å²) in [7, 11) is 0. The Hall–Kier alpha value is -0.340. The highest BCUT2D eigenvalue weighted by molar-refractivity contribution is 4.74. The van der Waals surface area contributed by atoms with Gasteiger partial charge >= 0.3 is 0 Å². The van der Waals surface area contributed by atoms with Gasteiger partial charge in [0, 0.05) is 13.1 Å². The molecule has 0 aromatic carbocycles. The summed E-state index contributed by atoms with van der Waals surface area (Å²) in [4.78, 5) is 2.22. The zero-order valence-corrected chi connectivity index (χ0v) is 8.29. The van der Waals surface area contributed by atoms with Crippen LogP contribution in [0, 0.1) is 0 Å². The van der Waals surface area contributed by atoms with Gasteiger partial charge in [-0.2, -0.15) is 0 Å². The molecule has 1 atom stereocenters. The molecule has 0 heterocycles. The van der Waals surface area contributed by atoms with Gasteiger partial charge in [0.2, 0.25) is 0 Å². The highest BCUT2D eigenvalue weighted by Gasteiger charge is 2.04. The SMILES string of the molecule is C=CCN(CCCC)CC(C)O. The van der Waals surface area contributed by atoms with Crippen LogP contribution in [-0.4, -0.2) is 35.7 Å². The van der Waals surface area contributed by atoms with Crippen molar-refractivity contribution in [1.82, 2.24) is 4.90 Å². The predicted octanol–water partition coefficient (Wildman–Crippen LogP) is 1.66. The molecule has 0 rings (SSSR count). The van der Waals surface area contributed by atoms with Crippen LogP contribution in [0.4, 0.5) is 0 Å². The Kier molecular flexibility index (Phi) is 7.11. The summed E-state index contributed by atoms with van der Waals surface area (Å²) in [6.07, 6.45) is 4.05. The molecule has 1 unspecified atom stereocenters. The summed E-state index contributed by atoms with van der Waals surface area (Å²) >= 11 is 0. The van der Waals surface area contributed by atoms with Crippen LogP contribution in [0.1, 0.15) is 26.7 Å². The lowest BCUT2D eigenvalue weighted by Crippen LogP contribution is -2.32. The van der Waals surface area contributed by atoms with Gasteiger partial charge in [-0.1, -0.05) is 19.4 Å². The third-order valence-electron chi connectivity index (χ3n) is 1.74. The average molecular weight is 171 g/mol. The fraction of sp³-hybridized carbons (Fsp3) is 0.800. The Labute approximate surface area is 75.9 Å². The van der Waals surface area contributed by atoms with Gasteiger partial charge in [-0.3, -0.25) is 4.90 Å². The molecule has 72 valence electrons. The average Bonchev–Trinajstić information content (AvgIpc) is 2.00. The molecule has 0 aromatic rings. The van der Waals surface area contributed by atoms with Crippen LogP contribution in [-0.2, 0) is 0 Å². The van der Waals surface area contributed by atoms with E-state index in [-0.39, 0.29) is 6.10 Å². The van der Waals surface area contributed by atoms with Crippen molar-refractivity contribution in [2.45, 2.75) is 32.8 Å². The fourth-order valence-electron chi connectivity index (χ4n) is 1.20. The smallest absolute Gasteiger partial charge is 0.0639 e. The fourth-order valence-corrected chi connectivity index (χ4v) is 1.20. The molecule has 0 bridgehead atoms. The van der Waals surface area contributed by atoms with Crippen molar-refractivity contribution in [2.75, 3.05) is 19.6 Å². The van der Waals surface area contributed by atoms with E-state index >= 15 is 0 Å². The summed E-state index contributed by atoms with van der Waals surface area (Å²) in [5, 5.41) is 9.17. The Morgan fingerprint density at radius 2 is 2.25 bits per heavy atom. The third kappa shape index (κ3) is 6.38. The van der Waals surface area contributed by atoms with Crippen molar-refractivity contribution in [3.05, 3.63) is 12.7 Å². The van der Waals surface area contributed by atoms with Gasteiger partial charge < -0.3 is 5.11 Å². The van der Waals surface area contributed by atoms with Gasteiger partial charge in [-0.25, -0.2) is 0 Å². The summed E-state index contributed by atoms with van der Waals surface area (Å²) in [6, 6.07) is 0. The van der Waals surface area contributed by atoms with Gasteiger partial charge in [0.15, 0.2) is 0 Å². The summed E-state index contributed by atoms with van der Waals surface area (Å²) in [6.45, 7) is 10.4. The monoisotopic (exact) mass is 171 g/mol. The van der Waals surface area contributed by atoms with E-state index < -0.39 is 0 Å². The van der Waals surface area contributed by atoms with Crippen molar-refractivity contribution in [1.29, 1.82) is 0 Å². The first-order valence-corrected chi connectivity index (χ1v) is 4.72. The number of aliphatic hydroxyl groups is 1. The number of unbranched alkanes of at least 4 members (excludes halogenated alkanes) is 1. The molecule has 0 aliphatic rings. The lowest BCUT2D eigenvalue weighted by Gasteiger charge is -2.21. The van der Waals surface area contributed by atoms with Crippen molar-refractivity contribution in [2.24, 2.45) is 0 Å². The maximum atomic E-state index is 9.17. The second-order valence-corrected chi connectivity index (χ2v) is 3.25. The molecule has 0 aliphatic heterocycles. The number of hydrogen-bond donors (Lipinski definition) is 1. The molecule has 0 aromatic heterocycles. The second-order valence-electron chi connectivity index (χ2n) is 3.25. The number of nitrogens with zero attached hydrogens (tertiary/aromatic N) is 1. The third-order valence-corrected chi connectivity index (χ3v) is 1.74. The van der Waals surface area contributed by atoms with E-state index in [1.165, 1.54) is 12.8 Å². The number of rotatable bonds is 7. The largest absolute Gasteiger partial charge is 0.392 e. The van der Waals surface area contributed by atoms with Gasteiger partial charge in [0.25, 0.3) is 0 Å². The normalized spacial score (nSPS) is 13.3. The van der Waals surface area contributed by atoms with Gasteiger partial charge in [-0.05, 0) is 19.9 Å². The first-order valence-electron chi connectivity index (χ1n) is 4.72. The highest BCUT2D eigenvalue weighted by Crippen LogP contribution is 1.96. The lowest BCUT2D eigenvalue weighted by atomic mass is 10.3. The molecule has 0 saturated carbocycles. The van der Waals surface area contributed by atoms with E-state index in [4.69, 9.17) is 0 Å². The predicted molar refractivity (Wildman–Crippen MR) is 53.2 cm³/mol.